The molecular weight excluding hydrogens is 310 g/mol. The third-order valence-electron chi connectivity index (χ3n) is 2.86. The second-order valence-electron chi connectivity index (χ2n) is 4.23. The van der Waals surface area contributed by atoms with Gasteiger partial charge in [0.05, 0.1) is 11.9 Å². The lowest BCUT2D eigenvalue weighted by atomic mass is 10.2. The van der Waals surface area contributed by atoms with Crippen molar-refractivity contribution in [2.24, 2.45) is 0 Å². The van der Waals surface area contributed by atoms with Crippen molar-refractivity contribution in [3.8, 4) is 10.7 Å². The highest BCUT2D eigenvalue weighted by molar-refractivity contribution is 7.98. The van der Waals surface area contributed by atoms with Crippen molar-refractivity contribution in [3.63, 3.8) is 0 Å². The molecule has 0 bridgehead atoms. The molecule has 0 aliphatic heterocycles. The molecule has 0 unspecified atom stereocenters. The van der Waals surface area contributed by atoms with Gasteiger partial charge in [0.15, 0.2) is 0 Å². The van der Waals surface area contributed by atoms with Gasteiger partial charge in [-0.3, -0.25) is 4.98 Å². The fourth-order valence-electron chi connectivity index (χ4n) is 1.88. The average Bonchev–Trinajstić information content (AvgIpc) is 3.09. The lowest BCUT2D eigenvalue weighted by molar-refractivity contribution is 1.02. The molecule has 0 saturated carbocycles. The van der Waals surface area contributed by atoms with Crippen LogP contribution in [0.25, 0.3) is 10.7 Å². The number of H-pyrrole nitrogens is 1. The van der Waals surface area contributed by atoms with Crippen LogP contribution >= 0.6 is 34.7 Å². The first-order valence-corrected chi connectivity index (χ1v) is 8.45. The summed E-state index contributed by atoms with van der Waals surface area (Å²) in [5, 5.41) is 0.909. The van der Waals surface area contributed by atoms with Gasteiger partial charge in [-0.05, 0) is 30.5 Å². The van der Waals surface area contributed by atoms with Gasteiger partial charge in [0.1, 0.15) is 9.34 Å². The van der Waals surface area contributed by atoms with E-state index in [1.54, 1.807) is 18.0 Å². The van der Waals surface area contributed by atoms with E-state index in [4.69, 9.17) is 11.6 Å². The van der Waals surface area contributed by atoms with Crippen molar-refractivity contribution < 1.29 is 0 Å². The molecule has 3 aromatic rings. The Kier molecular flexibility index (Phi) is 4.10. The summed E-state index contributed by atoms with van der Waals surface area (Å²) in [5.74, 6) is 0. The van der Waals surface area contributed by atoms with Crippen LogP contribution in [0.5, 0.6) is 0 Å². The molecule has 0 amide bonds. The largest absolute Gasteiger partial charge is 0.356 e. The van der Waals surface area contributed by atoms with Gasteiger partial charge in [-0.2, -0.15) is 0 Å². The van der Waals surface area contributed by atoms with E-state index >= 15 is 0 Å². The first kappa shape index (κ1) is 13.7. The molecule has 1 N–H and O–H groups in total. The SMILES string of the molecule is CSc1ccc(Cc2ccc(-c3ncc(Cl)s3)[nH]2)nc1. The highest BCUT2D eigenvalue weighted by Gasteiger charge is 2.07. The number of nitrogens with zero attached hydrogens (tertiary/aromatic N) is 2. The monoisotopic (exact) mass is 321 g/mol. The third-order valence-corrected chi connectivity index (χ3v) is 4.72. The molecule has 3 aromatic heterocycles. The minimum absolute atomic E-state index is 0.700. The Morgan fingerprint density at radius 1 is 1.20 bits per heavy atom. The van der Waals surface area contributed by atoms with Crippen LogP contribution < -0.4 is 0 Å². The summed E-state index contributed by atoms with van der Waals surface area (Å²) in [7, 11) is 0. The lowest BCUT2D eigenvalue weighted by Crippen LogP contribution is -1.92. The topological polar surface area (TPSA) is 41.6 Å². The molecule has 0 radical (unpaired) electrons. The maximum Gasteiger partial charge on any atom is 0.141 e. The number of nitrogens with one attached hydrogen (secondary N) is 1. The van der Waals surface area contributed by atoms with E-state index in [0.717, 1.165) is 28.5 Å². The zero-order chi connectivity index (χ0) is 13.9. The Labute approximate surface area is 130 Å². The molecule has 3 rings (SSSR count). The van der Waals surface area contributed by atoms with Crippen molar-refractivity contribution in [1.82, 2.24) is 15.0 Å². The Morgan fingerprint density at radius 3 is 2.75 bits per heavy atom. The second-order valence-corrected chi connectivity index (χ2v) is 6.77. The van der Waals surface area contributed by atoms with Gasteiger partial charge in [0.25, 0.3) is 0 Å². The Bertz CT molecular complexity index is 703. The average molecular weight is 322 g/mol. The molecule has 0 aromatic carbocycles. The summed E-state index contributed by atoms with van der Waals surface area (Å²) in [6.07, 6.45) is 6.41. The Balaban J connectivity index is 1.76. The van der Waals surface area contributed by atoms with Gasteiger partial charge in [-0.15, -0.1) is 23.1 Å². The lowest BCUT2D eigenvalue weighted by Gasteiger charge is -2.00. The van der Waals surface area contributed by atoms with E-state index in [0.29, 0.717) is 4.34 Å². The first-order valence-electron chi connectivity index (χ1n) is 6.03. The van der Waals surface area contributed by atoms with E-state index in [-0.39, 0.29) is 0 Å². The number of aromatic amines is 1. The van der Waals surface area contributed by atoms with Gasteiger partial charge in [0.2, 0.25) is 0 Å². The first-order chi connectivity index (χ1) is 9.74. The van der Waals surface area contributed by atoms with Crippen LogP contribution in [0.15, 0.2) is 41.6 Å². The highest BCUT2D eigenvalue weighted by atomic mass is 35.5. The minimum atomic E-state index is 0.700. The van der Waals surface area contributed by atoms with Gasteiger partial charge in [-0.1, -0.05) is 11.6 Å². The van der Waals surface area contributed by atoms with Crippen LogP contribution in [-0.2, 0) is 6.42 Å². The number of pyridine rings is 1. The van der Waals surface area contributed by atoms with Gasteiger partial charge < -0.3 is 4.98 Å². The van der Waals surface area contributed by atoms with Crippen molar-refractivity contribution in [1.29, 1.82) is 0 Å². The fraction of sp³-hybridized carbons (Fsp3) is 0.143. The quantitative estimate of drug-likeness (QED) is 0.719. The van der Waals surface area contributed by atoms with Gasteiger partial charge >= 0.3 is 0 Å². The molecule has 0 fully saturated rings. The summed E-state index contributed by atoms with van der Waals surface area (Å²) in [5.41, 5.74) is 3.17. The van der Waals surface area contributed by atoms with Crippen LogP contribution in [-0.4, -0.2) is 21.2 Å². The van der Waals surface area contributed by atoms with Gasteiger partial charge in [0, 0.05) is 28.9 Å². The number of thioether (sulfide) groups is 1. The molecule has 20 heavy (non-hydrogen) atoms. The number of rotatable bonds is 4. The summed E-state index contributed by atoms with van der Waals surface area (Å²) < 4.78 is 0.700. The third kappa shape index (κ3) is 3.06. The van der Waals surface area contributed by atoms with Crippen LogP contribution in [0.2, 0.25) is 4.34 Å². The maximum absolute atomic E-state index is 5.91. The van der Waals surface area contributed by atoms with E-state index in [2.05, 4.69) is 33.2 Å². The number of hydrogen-bond acceptors (Lipinski definition) is 4. The predicted molar refractivity (Wildman–Crippen MR) is 85.7 cm³/mol. The van der Waals surface area contributed by atoms with Gasteiger partial charge in [-0.25, -0.2) is 4.98 Å². The molecule has 3 heterocycles. The van der Waals surface area contributed by atoms with E-state index < -0.39 is 0 Å². The van der Waals surface area contributed by atoms with Crippen LogP contribution in [0, 0.1) is 0 Å². The summed E-state index contributed by atoms with van der Waals surface area (Å²) >= 11 is 9.07. The normalized spacial score (nSPS) is 10.9. The smallest absolute Gasteiger partial charge is 0.141 e. The number of hydrogen-bond donors (Lipinski definition) is 1. The highest BCUT2D eigenvalue weighted by Crippen LogP contribution is 2.27. The Morgan fingerprint density at radius 2 is 2.10 bits per heavy atom. The van der Waals surface area contributed by atoms with E-state index in [1.165, 1.54) is 16.2 Å². The predicted octanol–water partition coefficient (Wildman–Crippen LogP) is 4.50. The van der Waals surface area contributed by atoms with Crippen LogP contribution in [0.4, 0.5) is 0 Å². The van der Waals surface area contributed by atoms with Crippen LogP contribution in [0.3, 0.4) is 0 Å². The number of thiazole rings is 1. The fourth-order valence-corrected chi connectivity index (χ4v) is 3.13. The molecule has 0 atom stereocenters. The molecule has 0 spiro atoms. The standard InChI is InChI=1S/C14H12ClN3S2/c1-19-11-4-2-9(16-7-11)6-10-3-5-12(18-10)14-17-8-13(15)20-14/h2-5,7-8,18H,6H2,1H3. The molecule has 0 aliphatic carbocycles. The number of halogens is 1. The summed E-state index contributed by atoms with van der Waals surface area (Å²) in [6, 6.07) is 8.25. The van der Waals surface area contributed by atoms with Crippen molar-refractivity contribution in [2.75, 3.05) is 6.26 Å². The van der Waals surface area contributed by atoms with Crippen molar-refractivity contribution in [3.05, 3.63) is 52.4 Å². The number of aromatic nitrogens is 3. The summed E-state index contributed by atoms with van der Waals surface area (Å²) in [4.78, 5) is 13.3. The zero-order valence-corrected chi connectivity index (χ0v) is 13.1. The molecule has 3 nitrogen and oxygen atoms in total. The maximum atomic E-state index is 5.91. The Hall–Kier alpha value is -1.30. The van der Waals surface area contributed by atoms with Crippen molar-refractivity contribution >= 4 is 34.7 Å². The minimum Gasteiger partial charge on any atom is -0.356 e. The zero-order valence-electron chi connectivity index (χ0n) is 10.8. The molecular formula is C14H12ClN3S2. The second kappa shape index (κ2) is 5.99. The van der Waals surface area contributed by atoms with Crippen LogP contribution in [0.1, 0.15) is 11.4 Å². The molecule has 0 aliphatic rings. The summed E-state index contributed by atoms with van der Waals surface area (Å²) in [6.45, 7) is 0. The van der Waals surface area contributed by atoms with Crippen molar-refractivity contribution in [2.45, 2.75) is 11.3 Å². The molecule has 102 valence electrons. The molecule has 0 saturated heterocycles. The van der Waals surface area contributed by atoms with E-state index in [1.807, 2.05) is 18.5 Å². The molecule has 6 heteroatoms. The van der Waals surface area contributed by atoms with E-state index in [9.17, 15) is 0 Å².